The van der Waals surface area contributed by atoms with Crippen LogP contribution in [0.1, 0.15) is 57.8 Å². The lowest BCUT2D eigenvalue weighted by atomic mass is 9.91. The summed E-state index contributed by atoms with van der Waals surface area (Å²) in [7, 11) is 1.77. The third kappa shape index (κ3) is 7.29. The molecule has 0 unspecified atom stereocenters. The number of alkyl carbamates (subject to hydrolysis) is 1. The Balaban J connectivity index is 0.00000341. The summed E-state index contributed by atoms with van der Waals surface area (Å²) < 4.78 is 11.3. The Bertz CT molecular complexity index is 896. The number of furan rings is 1. The summed E-state index contributed by atoms with van der Waals surface area (Å²) in [5.41, 5.74) is 1.59. The van der Waals surface area contributed by atoms with E-state index in [9.17, 15) is 4.79 Å². The SMILES string of the molecule is CN=C(NCc1oc2ccccc2c1C)NC1CCC(NC(=O)OC(C)(C)C)CC1.I. The molecule has 0 atom stereocenters. The van der Waals surface area contributed by atoms with Crippen molar-refractivity contribution in [2.45, 2.75) is 77.6 Å². The van der Waals surface area contributed by atoms with E-state index in [-0.39, 0.29) is 36.1 Å². The predicted octanol–water partition coefficient (Wildman–Crippen LogP) is 4.86. The van der Waals surface area contributed by atoms with Crippen LogP contribution >= 0.6 is 24.0 Å². The number of carbonyl (C=O) groups excluding carboxylic acids is 1. The minimum atomic E-state index is -0.473. The molecule has 0 spiro atoms. The third-order valence-corrected chi connectivity index (χ3v) is 5.37. The van der Waals surface area contributed by atoms with Crippen LogP contribution in [-0.4, -0.2) is 36.8 Å². The molecule has 1 aliphatic rings. The Hall–Kier alpha value is -1.97. The summed E-state index contributed by atoms with van der Waals surface area (Å²) in [4.78, 5) is 16.3. The van der Waals surface area contributed by atoms with Gasteiger partial charge < -0.3 is 25.1 Å². The second kappa shape index (κ2) is 11.1. The number of halogens is 1. The number of aliphatic imine (C=N–C) groups is 1. The van der Waals surface area contributed by atoms with E-state index < -0.39 is 5.60 Å². The van der Waals surface area contributed by atoms with E-state index in [2.05, 4.69) is 33.9 Å². The minimum absolute atomic E-state index is 0. The maximum Gasteiger partial charge on any atom is 0.407 e. The molecule has 1 heterocycles. The predicted molar refractivity (Wildman–Crippen MR) is 135 cm³/mol. The number of amides is 1. The maximum atomic E-state index is 12.0. The van der Waals surface area contributed by atoms with Crippen molar-refractivity contribution in [3.05, 3.63) is 35.6 Å². The number of rotatable bonds is 4. The fourth-order valence-electron chi connectivity index (χ4n) is 3.80. The molecule has 0 bridgehead atoms. The third-order valence-electron chi connectivity index (χ3n) is 5.37. The van der Waals surface area contributed by atoms with Gasteiger partial charge in [0, 0.05) is 30.1 Å². The van der Waals surface area contributed by atoms with Crippen LogP contribution in [0.4, 0.5) is 4.79 Å². The van der Waals surface area contributed by atoms with E-state index in [1.54, 1.807) is 7.05 Å². The topological polar surface area (TPSA) is 87.9 Å². The average molecular weight is 542 g/mol. The highest BCUT2D eigenvalue weighted by molar-refractivity contribution is 14.0. The van der Waals surface area contributed by atoms with E-state index >= 15 is 0 Å². The molecular weight excluding hydrogens is 507 g/mol. The molecule has 0 aliphatic heterocycles. The van der Waals surface area contributed by atoms with Gasteiger partial charge in [0.05, 0.1) is 6.54 Å². The fourth-order valence-corrected chi connectivity index (χ4v) is 3.80. The molecular formula is C23H35IN4O3. The van der Waals surface area contributed by atoms with Crippen LogP contribution in [0, 0.1) is 6.92 Å². The molecule has 1 saturated carbocycles. The van der Waals surface area contributed by atoms with Crippen LogP contribution in [0.3, 0.4) is 0 Å². The van der Waals surface area contributed by atoms with Crippen molar-refractivity contribution in [3.63, 3.8) is 0 Å². The van der Waals surface area contributed by atoms with Crippen molar-refractivity contribution in [1.29, 1.82) is 0 Å². The van der Waals surface area contributed by atoms with Gasteiger partial charge in [-0.05, 0) is 59.4 Å². The Labute approximate surface area is 201 Å². The van der Waals surface area contributed by atoms with Gasteiger partial charge in [-0.25, -0.2) is 4.79 Å². The van der Waals surface area contributed by atoms with E-state index in [1.807, 2.05) is 39.0 Å². The lowest BCUT2D eigenvalue weighted by Gasteiger charge is -2.31. The van der Waals surface area contributed by atoms with Crippen molar-refractivity contribution in [2.75, 3.05) is 7.05 Å². The van der Waals surface area contributed by atoms with Gasteiger partial charge in [-0.1, -0.05) is 18.2 Å². The highest BCUT2D eigenvalue weighted by atomic mass is 127. The highest BCUT2D eigenvalue weighted by Crippen LogP contribution is 2.24. The normalized spacial score (nSPS) is 19.5. The lowest BCUT2D eigenvalue weighted by molar-refractivity contribution is 0.0490. The summed E-state index contributed by atoms with van der Waals surface area (Å²) in [5.74, 6) is 1.68. The molecule has 1 fully saturated rings. The van der Waals surface area contributed by atoms with E-state index in [1.165, 1.54) is 0 Å². The minimum Gasteiger partial charge on any atom is -0.459 e. The Morgan fingerprint density at radius 1 is 1.13 bits per heavy atom. The Morgan fingerprint density at radius 3 is 2.32 bits per heavy atom. The number of ether oxygens (including phenoxy) is 1. The number of nitrogens with zero attached hydrogens (tertiary/aromatic N) is 1. The molecule has 0 saturated heterocycles. The number of benzene rings is 1. The van der Waals surface area contributed by atoms with Gasteiger partial charge in [-0.15, -0.1) is 24.0 Å². The first kappa shape index (κ1) is 25.3. The first-order chi connectivity index (χ1) is 14.2. The monoisotopic (exact) mass is 542 g/mol. The fraction of sp³-hybridized carbons (Fsp3) is 0.565. The number of fused-ring (bicyclic) bond motifs is 1. The summed E-state index contributed by atoms with van der Waals surface area (Å²) in [6, 6.07) is 8.56. The average Bonchev–Trinajstić information content (AvgIpc) is 3.01. The second-order valence-electron chi connectivity index (χ2n) is 8.91. The number of guanidine groups is 1. The highest BCUT2D eigenvalue weighted by Gasteiger charge is 2.25. The molecule has 2 aromatic rings. The van der Waals surface area contributed by atoms with Gasteiger partial charge >= 0.3 is 6.09 Å². The zero-order valence-corrected chi connectivity index (χ0v) is 21.4. The number of hydrogen-bond donors (Lipinski definition) is 3. The maximum absolute atomic E-state index is 12.0. The van der Waals surface area contributed by atoms with Crippen molar-refractivity contribution in [2.24, 2.45) is 4.99 Å². The summed E-state index contributed by atoms with van der Waals surface area (Å²) in [6.07, 6.45) is 3.42. The standard InChI is InChI=1S/C23H34N4O3.HI/c1-15-18-8-6-7-9-19(18)29-20(15)14-25-21(24-5)26-16-10-12-17(13-11-16)27-22(28)30-23(2,3)4;/h6-9,16-17H,10-14H2,1-5H3,(H,27,28)(H2,24,25,26);1H. The molecule has 3 N–H and O–H groups in total. The van der Waals surface area contributed by atoms with E-state index in [4.69, 9.17) is 9.15 Å². The molecule has 7 nitrogen and oxygen atoms in total. The van der Waals surface area contributed by atoms with Gasteiger partial charge in [0.1, 0.15) is 16.9 Å². The lowest BCUT2D eigenvalue weighted by Crippen LogP contribution is -2.47. The molecule has 172 valence electrons. The summed E-state index contributed by atoms with van der Waals surface area (Å²) in [5, 5.41) is 11.0. The van der Waals surface area contributed by atoms with Crippen LogP contribution in [0.5, 0.6) is 0 Å². The largest absolute Gasteiger partial charge is 0.459 e. The van der Waals surface area contributed by atoms with Crippen molar-refractivity contribution in [1.82, 2.24) is 16.0 Å². The molecule has 3 rings (SSSR count). The molecule has 1 aliphatic carbocycles. The van der Waals surface area contributed by atoms with Gasteiger partial charge in [0.25, 0.3) is 0 Å². The van der Waals surface area contributed by atoms with Crippen LogP contribution in [0.15, 0.2) is 33.7 Å². The second-order valence-corrected chi connectivity index (χ2v) is 8.91. The summed E-state index contributed by atoms with van der Waals surface area (Å²) >= 11 is 0. The molecule has 1 amide bonds. The number of hydrogen-bond acceptors (Lipinski definition) is 4. The zero-order chi connectivity index (χ0) is 21.7. The molecule has 0 radical (unpaired) electrons. The van der Waals surface area contributed by atoms with Crippen molar-refractivity contribution < 1.29 is 13.9 Å². The van der Waals surface area contributed by atoms with Crippen molar-refractivity contribution >= 4 is 47.0 Å². The number of nitrogens with one attached hydrogen (secondary N) is 3. The number of carbonyl (C=O) groups is 1. The van der Waals surface area contributed by atoms with Crippen LogP contribution in [0.25, 0.3) is 11.0 Å². The quantitative estimate of drug-likeness (QED) is 0.292. The first-order valence-electron chi connectivity index (χ1n) is 10.7. The van der Waals surface area contributed by atoms with Gasteiger partial charge in [0.15, 0.2) is 5.96 Å². The Morgan fingerprint density at radius 2 is 1.74 bits per heavy atom. The molecule has 1 aromatic heterocycles. The first-order valence-corrected chi connectivity index (χ1v) is 10.7. The van der Waals surface area contributed by atoms with E-state index in [0.717, 1.165) is 53.9 Å². The van der Waals surface area contributed by atoms with Crippen LogP contribution in [-0.2, 0) is 11.3 Å². The van der Waals surface area contributed by atoms with Crippen molar-refractivity contribution in [3.8, 4) is 0 Å². The Kier molecular flexibility index (Phi) is 9.02. The molecule has 31 heavy (non-hydrogen) atoms. The number of aryl methyl sites for hydroxylation is 1. The van der Waals surface area contributed by atoms with Crippen LogP contribution < -0.4 is 16.0 Å². The van der Waals surface area contributed by atoms with Gasteiger partial charge in [-0.3, -0.25) is 4.99 Å². The summed E-state index contributed by atoms with van der Waals surface area (Å²) in [6.45, 7) is 8.28. The molecule has 8 heteroatoms. The molecule has 1 aromatic carbocycles. The van der Waals surface area contributed by atoms with Crippen LogP contribution in [0.2, 0.25) is 0 Å². The zero-order valence-electron chi connectivity index (χ0n) is 19.1. The number of para-hydroxylation sites is 1. The van der Waals surface area contributed by atoms with E-state index in [0.29, 0.717) is 12.6 Å². The van der Waals surface area contributed by atoms with Gasteiger partial charge in [-0.2, -0.15) is 0 Å². The smallest absolute Gasteiger partial charge is 0.407 e. The van der Waals surface area contributed by atoms with Gasteiger partial charge in [0.2, 0.25) is 0 Å².